The fourth-order valence-corrected chi connectivity index (χ4v) is 2.28. The van der Waals surface area contributed by atoms with Crippen molar-refractivity contribution in [2.75, 3.05) is 22.5 Å². The Morgan fingerprint density at radius 3 is 2.21 bits per heavy atom. The van der Waals surface area contributed by atoms with Gasteiger partial charge in [-0.05, 0) is 52.3 Å². The standard InChI is InChI=1S/C18H20BrN3O2/c1-12(2)18(24)21-14-9-7-13(8-10-14)20-11-17(23)22-16-6-4-3-5-15(16)19/h3-10,12,20H,11H2,1-2H3,(H,21,24)(H,22,23). The molecular formula is C18H20BrN3O2. The number of nitrogens with one attached hydrogen (secondary N) is 3. The molecule has 2 rings (SSSR count). The Labute approximate surface area is 150 Å². The lowest BCUT2D eigenvalue weighted by Gasteiger charge is -2.11. The summed E-state index contributed by atoms with van der Waals surface area (Å²) < 4.78 is 0.837. The van der Waals surface area contributed by atoms with E-state index >= 15 is 0 Å². The second-order valence-electron chi connectivity index (χ2n) is 5.60. The van der Waals surface area contributed by atoms with Crippen LogP contribution in [0.3, 0.4) is 0 Å². The molecule has 5 nitrogen and oxygen atoms in total. The summed E-state index contributed by atoms with van der Waals surface area (Å²) >= 11 is 3.39. The van der Waals surface area contributed by atoms with Crippen LogP contribution in [0, 0.1) is 5.92 Å². The number of para-hydroxylation sites is 1. The van der Waals surface area contributed by atoms with E-state index < -0.39 is 0 Å². The van der Waals surface area contributed by atoms with Crippen LogP contribution in [0.1, 0.15) is 13.8 Å². The molecule has 0 saturated carbocycles. The number of carbonyl (C=O) groups is 2. The average Bonchev–Trinajstić information content (AvgIpc) is 2.56. The fourth-order valence-electron chi connectivity index (χ4n) is 1.90. The minimum Gasteiger partial charge on any atom is -0.376 e. The molecule has 126 valence electrons. The smallest absolute Gasteiger partial charge is 0.243 e. The highest BCUT2D eigenvalue weighted by Crippen LogP contribution is 2.21. The van der Waals surface area contributed by atoms with E-state index in [1.807, 2.05) is 50.2 Å². The number of hydrogen-bond donors (Lipinski definition) is 3. The molecule has 6 heteroatoms. The van der Waals surface area contributed by atoms with Crippen molar-refractivity contribution in [2.45, 2.75) is 13.8 Å². The Balaban J connectivity index is 1.85. The summed E-state index contributed by atoms with van der Waals surface area (Å²) in [7, 11) is 0. The van der Waals surface area contributed by atoms with Gasteiger partial charge in [-0.1, -0.05) is 26.0 Å². The summed E-state index contributed by atoms with van der Waals surface area (Å²) in [5.74, 6) is -0.230. The highest BCUT2D eigenvalue weighted by atomic mass is 79.9. The molecule has 2 aromatic rings. The number of hydrogen-bond acceptors (Lipinski definition) is 3. The van der Waals surface area contributed by atoms with Crippen LogP contribution in [0.4, 0.5) is 17.1 Å². The van der Waals surface area contributed by atoms with Crippen molar-refractivity contribution in [1.29, 1.82) is 0 Å². The molecule has 0 aliphatic heterocycles. The van der Waals surface area contributed by atoms with Crippen molar-refractivity contribution < 1.29 is 9.59 Å². The van der Waals surface area contributed by atoms with Crippen LogP contribution in [0.2, 0.25) is 0 Å². The molecule has 0 aromatic heterocycles. The van der Waals surface area contributed by atoms with Gasteiger partial charge in [0.15, 0.2) is 0 Å². The van der Waals surface area contributed by atoms with E-state index in [-0.39, 0.29) is 24.3 Å². The maximum absolute atomic E-state index is 12.0. The van der Waals surface area contributed by atoms with Gasteiger partial charge in [0.2, 0.25) is 11.8 Å². The van der Waals surface area contributed by atoms with E-state index in [0.717, 1.165) is 21.5 Å². The van der Waals surface area contributed by atoms with E-state index in [2.05, 4.69) is 31.9 Å². The molecule has 2 amide bonds. The Hall–Kier alpha value is -2.34. The van der Waals surface area contributed by atoms with Crippen molar-refractivity contribution >= 4 is 44.8 Å². The van der Waals surface area contributed by atoms with Gasteiger partial charge in [-0.3, -0.25) is 9.59 Å². The minimum absolute atomic E-state index is 0.0245. The quantitative estimate of drug-likeness (QED) is 0.696. The first-order valence-electron chi connectivity index (χ1n) is 7.65. The van der Waals surface area contributed by atoms with Crippen molar-refractivity contribution in [1.82, 2.24) is 0 Å². The van der Waals surface area contributed by atoms with Gasteiger partial charge in [-0.25, -0.2) is 0 Å². The molecular weight excluding hydrogens is 370 g/mol. The molecule has 0 fully saturated rings. The molecule has 2 aromatic carbocycles. The van der Waals surface area contributed by atoms with Gasteiger partial charge in [-0.2, -0.15) is 0 Å². The predicted molar refractivity (Wildman–Crippen MR) is 101 cm³/mol. The maximum atomic E-state index is 12.0. The van der Waals surface area contributed by atoms with Gasteiger partial charge in [0.25, 0.3) is 0 Å². The largest absolute Gasteiger partial charge is 0.376 e. The van der Waals surface area contributed by atoms with Crippen LogP contribution in [-0.4, -0.2) is 18.4 Å². The summed E-state index contributed by atoms with van der Waals surface area (Å²) in [5, 5.41) is 8.69. The molecule has 0 radical (unpaired) electrons. The molecule has 3 N–H and O–H groups in total. The number of benzene rings is 2. The van der Waals surface area contributed by atoms with Gasteiger partial charge in [0.05, 0.1) is 12.2 Å². The summed E-state index contributed by atoms with van der Waals surface area (Å²) in [6.07, 6.45) is 0. The van der Waals surface area contributed by atoms with Crippen LogP contribution >= 0.6 is 15.9 Å². The summed E-state index contributed by atoms with van der Waals surface area (Å²) in [4.78, 5) is 23.6. The maximum Gasteiger partial charge on any atom is 0.243 e. The lowest BCUT2D eigenvalue weighted by atomic mass is 10.2. The lowest BCUT2D eigenvalue weighted by molar-refractivity contribution is -0.119. The molecule has 0 aliphatic rings. The van der Waals surface area contributed by atoms with E-state index in [4.69, 9.17) is 0 Å². The molecule has 0 heterocycles. The van der Waals surface area contributed by atoms with Crippen LogP contribution < -0.4 is 16.0 Å². The Morgan fingerprint density at radius 1 is 0.958 bits per heavy atom. The second kappa shape index (κ2) is 8.49. The molecule has 0 spiro atoms. The monoisotopic (exact) mass is 389 g/mol. The topological polar surface area (TPSA) is 70.2 Å². The van der Waals surface area contributed by atoms with Crippen molar-refractivity contribution in [3.8, 4) is 0 Å². The fraction of sp³-hybridized carbons (Fsp3) is 0.222. The van der Waals surface area contributed by atoms with E-state index in [0.29, 0.717) is 0 Å². The summed E-state index contributed by atoms with van der Waals surface area (Å²) in [6, 6.07) is 14.7. The Kier molecular flexibility index (Phi) is 6.37. The Bertz CT molecular complexity index is 714. The van der Waals surface area contributed by atoms with Gasteiger partial charge < -0.3 is 16.0 Å². The van der Waals surface area contributed by atoms with E-state index in [1.54, 1.807) is 12.1 Å². The van der Waals surface area contributed by atoms with Gasteiger partial charge in [0.1, 0.15) is 0 Å². The number of rotatable bonds is 6. The second-order valence-corrected chi connectivity index (χ2v) is 6.46. The van der Waals surface area contributed by atoms with Crippen molar-refractivity contribution in [2.24, 2.45) is 5.92 Å². The summed E-state index contributed by atoms with van der Waals surface area (Å²) in [5.41, 5.74) is 2.27. The average molecular weight is 390 g/mol. The number of anilines is 3. The third kappa shape index (κ3) is 5.38. The first kappa shape index (κ1) is 18.0. The molecule has 0 bridgehead atoms. The summed E-state index contributed by atoms with van der Waals surface area (Å²) in [6.45, 7) is 3.84. The van der Waals surface area contributed by atoms with Crippen LogP contribution in [0.15, 0.2) is 53.0 Å². The normalized spacial score (nSPS) is 10.3. The van der Waals surface area contributed by atoms with Crippen molar-refractivity contribution in [3.63, 3.8) is 0 Å². The SMILES string of the molecule is CC(C)C(=O)Nc1ccc(NCC(=O)Nc2ccccc2Br)cc1. The van der Waals surface area contributed by atoms with Crippen LogP contribution in [0.5, 0.6) is 0 Å². The van der Waals surface area contributed by atoms with Gasteiger partial charge >= 0.3 is 0 Å². The van der Waals surface area contributed by atoms with Gasteiger partial charge in [-0.15, -0.1) is 0 Å². The van der Waals surface area contributed by atoms with Crippen LogP contribution in [0.25, 0.3) is 0 Å². The third-order valence-corrected chi connectivity index (χ3v) is 3.97. The first-order valence-corrected chi connectivity index (χ1v) is 8.44. The number of amides is 2. The first-order chi connectivity index (χ1) is 11.5. The number of halogens is 1. The molecule has 0 saturated heterocycles. The zero-order chi connectivity index (χ0) is 17.5. The molecule has 0 atom stereocenters. The highest BCUT2D eigenvalue weighted by Gasteiger charge is 2.07. The van der Waals surface area contributed by atoms with Crippen LogP contribution in [-0.2, 0) is 9.59 Å². The zero-order valence-corrected chi connectivity index (χ0v) is 15.2. The predicted octanol–water partition coefficient (Wildman–Crippen LogP) is 4.09. The third-order valence-electron chi connectivity index (χ3n) is 3.28. The minimum atomic E-state index is -0.140. The van der Waals surface area contributed by atoms with Gasteiger partial charge in [0, 0.05) is 21.8 Å². The van der Waals surface area contributed by atoms with E-state index in [9.17, 15) is 9.59 Å². The molecule has 24 heavy (non-hydrogen) atoms. The lowest BCUT2D eigenvalue weighted by Crippen LogP contribution is -2.22. The molecule has 0 unspecified atom stereocenters. The molecule has 0 aliphatic carbocycles. The number of carbonyl (C=O) groups excluding carboxylic acids is 2. The highest BCUT2D eigenvalue weighted by molar-refractivity contribution is 9.10. The zero-order valence-electron chi connectivity index (χ0n) is 13.6. The van der Waals surface area contributed by atoms with Crippen molar-refractivity contribution in [3.05, 3.63) is 53.0 Å². The Morgan fingerprint density at radius 2 is 1.58 bits per heavy atom. The van der Waals surface area contributed by atoms with E-state index in [1.165, 1.54) is 0 Å².